The molecule has 2 atom stereocenters. The first kappa shape index (κ1) is 23.3. The predicted octanol–water partition coefficient (Wildman–Crippen LogP) is 3.99. The number of nitrogens with one attached hydrogen (secondary N) is 1. The van der Waals surface area contributed by atoms with Crippen LogP contribution in [-0.4, -0.2) is 55.3 Å². The molecule has 5 heterocycles. The second-order valence-electron chi connectivity index (χ2n) is 9.76. The fraction of sp³-hybridized carbons (Fsp3) is 0.522. The van der Waals surface area contributed by atoms with Gasteiger partial charge in [0.2, 0.25) is 5.92 Å². The molecule has 2 fully saturated rings. The number of halogens is 5. The molecular weight excluding hydrogens is 485 g/mol. The average Bonchev–Trinajstić information content (AvgIpc) is 3.53. The number of imidazole rings is 1. The second kappa shape index (κ2) is 7.97. The van der Waals surface area contributed by atoms with E-state index in [-0.39, 0.29) is 36.1 Å². The topological polar surface area (TPSA) is 97.9 Å². The Hall–Kier alpha value is -3.06. The third kappa shape index (κ3) is 3.76. The van der Waals surface area contributed by atoms with E-state index in [0.717, 1.165) is 0 Å². The number of nitrogens with two attached hydrogens (primary N) is 1. The van der Waals surface area contributed by atoms with Crippen molar-refractivity contribution in [3.8, 4) is 11.3 Å². The van der Waals surface area contributed by atoms with Crippen LogP contribution >= 0.6 is 0 Å². The zero-order valence-corrected chi connectivity index (χ0v) is 19.1. The molecule has 36 heavy (non-hydrogen) atoms. The number of pyridine rings is 1. The van der Waals surface area contributed by atoms with E-state index in [1.54, 1.807) is 23.1 Å². The normalized spacial score (nSPS) is 25.1. The van der Waals surface area contributed by atoms with Crippen molar-refractivity contribution in [3.63, 3.8) is 0 Å². The van der Waals surface area contributed by atoms with Crippen molar-refractivity contribution in [3.05, 3.63) is 47.8 Å². The number of likely N-dealkylation sites (tertiary alicyclic amines) is 1. The summed E-state index contributed by atoms with van der Waals surface area (Å²) in [5.41, 5.74) is 4.39. The molecule has 3 aromatic rings. The number of fused-ring (bicyclic) bond motifs is 2. The Morgan fingerprint density at radius 1 is 1.17 bits per heavy atom. The van der Waals surface area contributed by atoms with Gasteiger partial charge in [0, 0.05) is 50.1 Å². The SMILES string of the molecule is Nc1nccc(-c2cc3n(n2)CCOC32CCN(C(c3ncc[nH]3)C3CC(F)(F)C3)C2)c1C(F)(F)F. The Labute approximate surface area is 202 Å². The van der Waals surface area contributed by atoms with Crippen LogP contribution in [0.4, 0.5) is 27.8 Å². The van der Waals surface area contributed by atoms with E-state index in [4.69, 9.17) is 10.5 Å². The molecule has 1 saturated heterocycles. The maximum atomic E-state index is 13.8. The number of hydrogen-bond donors (Lipinski definition) is 2. The van der Waals surface area contributed by atoms with Crippen LogP contribution in [0.1, 0.15) is 42.4 Å². The van der Waals surface area contributed by atoms with Crippen LogP contribution in [0.3, 0.4) is 0 Å². The van der Waals surface area contributed by atoms with Gasteiger partial charge in [-0.1, -0.05) is 0 Å². The zero-order valence-electron chi connectivity index (χ0n) is 19.1. The van der Waals surface area contributed by atoms with E-state index in [1.165, 1.54) is 12.3 Å². The number of nitrogen functional groups attached to an aromatic ring is 1. The largest absolute Gasteiger partial charge is 0.420 e. The number of nitrogens with zero attached hydrogens (tertiary/aromatic N) is 5. The lowest BCUT2D eigenvalue weighted by molar-refractivity contribution is -0.137. The van der Waals surface area contributed by atoms with Crippen molar-refractivity contribution in [2.24, 2.45) is 5.92 Å². The molecule has 13 heteroatoms. The quantitative estimate of drug-likeness (QED) is 0.517. The molecule has 1 aliphatic carbocycles. The Bertz CT molecular complexity index is 1270. The monoisotopic (exact) mass is 509 g/mol. The van der Waals surface area contributed by atoms with Gasteiger partial charge >= 0.3 is 6.18 Å². The van der Waals surface area contributed by atoms with E-state index in [0.29, 0.717) is 44.2 Å². The summed E-state index contributed by atoms with van der Waals surface area (Å²) in [6.07, 6.45) is -0.0857. The summed E-state index contributed by atoms with van der Waals surface area (Å²) in [6, 6.07) is 2.54. The van der Waals surface area contributed by atoms with Crippen LogP contribution in [0.5, 0.6) is 0 Å². The smallest absolute Gasteiger partial charge is 0.383 e. The molecule has 1 saturated carbocycles. The average molecular weight is 509 g/mol. The Kier molecular flexibility index (Phi) is 5.17. The van der Waals surface area contributed by atoms with Crippen LogP contribution in [0, 0.1) is 5.92 Å². The third-order valence-electron chi connectivity index (χ3n) is 7.49. The first-order valence-electron chi connectivity index (χ1n) is 11.7. The van der Waals surface area contributed by atoms with Gasteiger partial charge in [-0.05, 0) is 24.5 Å². The van der Waals surface area contributed by atoms with Gasteiger partial charge in [-0.2, -0.15) is 18.3 Å². The molecule has 0 radical (unpaired) electrons. The van der Waals surface area contributed by atoms with Crippen molar-refractivity contribution >= 4 is 5.82 Å². The number of H-pyrrole nitrogens is 1. The second-order valence-corrected chi connectivity index (χ2v) is 9.76. The minimum Gasteiger partial charge on any atom is -0.383 e. The molecule has 192 valence electrons. The molecule has 0 bridgehead atoms. The number of hydrogen-bond acceptors (Lipinski definition) is 6. The lowest BCUT2D eigenvalue weighted by atomic mass is 9.75. The van der Waals surface area contributed by atoms with Crippen LogP contribution in [0.25, 0.3) is 11.3 Å². The predicted molar refractivity (Wildman–Crippen MR) is 118 cm³/mol. The van der Waals surface area contributed by atoms with Gasteiger partial charge in [0.15, 0.2) is 0 Å². The number of rotatable bonds is 4. The number of anilines is 1. The van der Waals surface area contributed by atoms with E-state index >= 15 is 0 Å². The molecule has 0 aromatic carbocycles. The van der Waals surface area contributed by atoms with Crippen molar-refractivity contribution in [1.29, 1.82) is 0 Å². The van der Waals surface area contributed by atoms with Crippen LogP contribution < -0.4 is 5.73 Å². The number of ether oxygens (including phenoxy) is 1. The van der Waals surface area contributed by atoms with Gasteiger partial charge in [0.1, 0.15) is 22.8 Å². The van der Waals surface area contributed by atoms with Gasteiger partial charge in [-0.25, -0.2) is 18.7 Å². The number of aromatic amines is 1. The van der Waals surface area contributed by atoms with Crippen LogP contribution in [-0.2, 0) is 23.1 Å². The number of aromatic nitrogens is 5. The zero-order chi connectivity index (χ0) is 25.3. The summed E-state index contributed by atoms with van der Waals surface area (Å²) < 4.78 is 76.7. The summed E-state index contributed by atoms with van der Waals surface area (Å²) in [4.78, 5) is 13.1. The van der Waals surface area contributed by atoms with E-state index in [1.807, 2.05) is 0 Å². The molecule has 3 N–H and O–H groups in total. The Balaban J connectivity index is 1.34. The third-order valence-corrected chi connectivity index (χ3v) is 7.49. The highest BCUT2D eigenvalue weighted by Crippen LogP contribution is 2.52. The molecular formula is C23H24F5N7O. The summed E-state index contributed by atoms with van der Waals surface area (Å²) >= 11 is 0. The molecule has 2 aliphatic heterocycles. The Morgan fingerprint density at radius 2 is 1.97 bits per heavy atom. The van der Waals surface area contributed by atoms with Crippen molar-refractivity contribution in [1.82, 2.24) is 29.6 Å². The molecule has 2 unspecified atom stereocenters. The Morgan fingerprint density at radius 3 is 2.67 bits per heavy atom. The maximum Gasteiger partial charge on any atom is 0.420 e. The van der Waals surface area contributed by atoms with Crippen LogP contribution in [0.2, 0.25) is 0 Å². The van der Waals surface area contributed by atoms with Crippen molar-refractivity contribution in [2.75, 3.05) is 25.4 Å². The first-order valence-corrected chi connectivity index (χ1v) is 11.7. The maximum absolute atomic E-state index is 13.8. The van der Waals surface area contributed by atoms with Gasteiger partial charge < -0.3 is 15.5 Å². The standard InChI is InChI=1S/C23H24F5N7O/c24-22(25)10-13(11-22)18(20-31-4-5-32-20)34-6-2-21(12-34)16-9-15(33-35(16)7-8-36-21)14-1-3-30-19(29)17(14)23(26,27)28/h1,3-5,9,13,18H,2,6-8,10-12H2,(H2,29,30)(H,31,32). The van der Waals surface area contributed by atoms with Gasteiger partial charge in [0.05, 0.1) is 30.6 Å². The van der Waals surface area contributed by atoms with Crippen LogP contribution in [0.15, 0.2) is 30.7 Å². The fourth-order valence-corrected chi connectivity index (χ4v) is 5.92. The summed E-state index contributed by atoms with van der Waals surface area (Å²) in [5, 5.41) is 4.47. The highest BCUT2D eigenvalue weighted by molar-refractivity contribution is 5.69. The summed E-state index contributed by atoms with van der Waals surface area (Å²) in [5.74, 6) is -2.92. The highest BCUT2D eigenvalue weighted by Gasteiger charge is 2.54. The summed E-state index contributed by atoms with van der Waals surface area (Å²) in [6.45, 7) is 1.66. The molecule has 3 aromatic heterocycles. The lowest BCUT2D eigenvalue weighted by Gasteiger charge is -2.43. The van der Waals surface area contributed by atoms with E-state index in [2.05, 4.69) is 25.0 Å². The van der Waals surface area contributed by atoms with Gasteiger partial charge in [-0.15, -0.1) is 0 Å². The van der Waals surface area contributed by atoms with Gasteiger partial charge in [0.25, 0.3) is 0 Å². The molecule has 3 aliphatic rings. The minimum absolute atomic E-state index is 0.135. The molecule has 0 amide bonds. The van der Waals surface area contributed by atoms with E-state index in [9.17, 15) is 22.0 Å². The van der Waals surface area contributed by atoms with Gasteiger partial charge in [-0.3, -0.25) is 9.58 Å². The summed E-state index contributed by atoms with van der Waals surface area (Å²) in [7, 11) is 0. The molecule has 8 nitrogen and oxygen atoms in total. The lowest BCUT2D eigenvalue weighted by Crippen LogP contribution is -2.46. The fourth-order valence-electron chi connectivity index (χ4n) is 5.92. The highest BCUT2D eigenvalue weighted by atomic mass is 19.4. The van der Waals surface area contributed by atoms with Crippen molar-refractivity contribution in [2.45, 2.75) is 49.5 Å². The molecule has 1 spiro atoms. The van der Waals surface area contributed by atoms with E-state index < -0.39 is 29.1 Å². The minimum atomic E-state index is -4.70. The first-order chi connectivity index (χ1) is 17.1. The molecule has 6 rings (SSSR count). The van der Waals surface area contributed by atoms with Crippen molar-refractivity contribution < 1.29 is 26.7 Å². The number of alkyl halides is 5.